The van der Waals surface area contributed by atoms with E-state index in [4.69, 9.17) is 0 Å². The summed E-state index contributed by atoms with van der Waals surface area (Å²) >= 11 is 0. The summed E-state index contributed by atoms with van der Waals surface area (Å²) in [4.78, 5) is 14.0. The first kappa shape index (κ1) is 12.4. The zero-order valence-corrected chi connectivity index (χ0v) is 11.1. The Bertz CT molecular complexity index is 306. The van der Waals surface area contributed by atoms with Gasteiger partial charge in [-0.15, -0.1) is 0 Å². The number of rotatable bonds is 4. The van der Waals surface area contributed by atoms with Crippen LogP contribution in [-0.2, 0) is 4.79 Å². The maximum Gasteiger partial charge on any atom is 0.320 e. The molecule has 18 heavy (non-hydrogen) atoms. The van der Waals surface area contributed by atoms with Crippen molar-refractivity contribution in [3.63, 3.8) is 0 Å². The van der Waals surface area contributed by atoms with Gasteiger partial charge in [0, 0.05) is 6.04 Å². The van der Waals surface area contributed by atoms with Crippen molar-refractivity contribution < 1.29 is 9.90 Å². The molecule has 2 bridgehead atoms. The van der Waals surface area contributed by atoms with Gasteiger partial charge >= 0.3 is 5.97 Å². The minimum atomic E-state index is -0.664. The van der Waals surface area contributed by atoms with Gasteiger partial charge in [0.05, 0.1) is 0 Å². The second kappa shape index (κ2) is 4.82. The lowest BCUT2D eigenvalue weighted by atomic mass is 9.75. The average Bonchev–Trinajstić information content (AvgIpc) is 2.83. The van der Waals surface area contributed by atoms with E-state index in [-0.39, 0.29) is 6.04 Å². The fourth-order valence-electron chi connectivity index (χ4n) is 4.64. The lowest BCUT2D eigenvalue weighted by Crippen LogP contribution is -2.52. The smallest absolute Gasteiger partial charge is 0.320 e. The SMILES string of the molecule is CCNC(C(=O)O)C1CC2C3CCN(CC3)C2C1. The molecular weight excluding hydrogens is 228 g/mol. The van der Waals surface area contributed by atoms with Crippen molar-refractivity contribution in [3.8, 4) is 0 Å². The summed E-state index contributed by atoms with van der Waals surface area (Å²) in [5.74, 6) is 1.32. The van der Waals surface area contributed by atoms with E-state index in [1.165, 1.54) is 25.9 Å². The molecule has 4 atom stereocenters. The highest BCUT2D eigenvalue weighted by Crippen LogP contribution is 2.48. The number of hydrogen-bond acceptors (Lipinski definition) is 3. The van der Waals surface area contributed by atoms with Crippen LogP contribution in [0.5, 0.6) is 0 Å². The van der Waals surface area contributed by atoms with Crippen molar-refractivity contribution in [2.45, 2.75) is 44.7 Å². The van der Waals surface area contributed by atoms with Crippen molar-refractivity contribution in [1.29, 1.82) is 0 Å². The quantitative estimate of drug-likeness (QED) is 0.788. The van der Waals surface area contributed by atoms with Crippen LogP contribution in [-0.4, -0.2) is 47.7 Å². The lowest BCUT2D eigenvalue weighted by Gasteiger charge is -2.48. The first-order valence-electron chi connectivity index (χ1n) is 7.41. The van der Waals surface area contributed by atoms with Crippen molar-refractivity contribution in [2.24, 2.45) is 17.8 Å². The first-order chi connectivity index (χ1) is 8.70. The number of hydrogen-bond donors (Lipinski definition) is 2. The average molecular weight is 252 g/mol. The monoisotopic (exact) mass is 252 g/mol. The molecule has 4 unspecified atom stereocenters. The Morgan fingerprint density at radius 3 is 2.67 bits per heavy atom. The third kappa shape index (κ3) is 1.95. The van der Waals surface area contributed by atoms with E-state index in [9.17, 15) is 9.90 Å². The van der Waals surface area contributed by atoms with E-state index in [1.54, 1.807) is 0 Å². The van der Waals surface area contributed by atoms with Crippen LogP contribution in [0.2, 0.25) is 0 Å². The molecule has 3 aliphatic heterocycles. The van der Waals surface area contributed by atoms with E-state index in [2.05, 4.69) is 10.2 Å². The summed E-state index contributed by atoms with van der Waals surface area (Å²) in [6.45, 7) is 5.23. The molecule has 3 saturated heterocycles. The van der Waals surface area contributed by atoms with Crippen LogP contribution in [0, 0.1) is 17.8 Å². The molecule has 4 rings (SSSR count). The molecule has 0 amide bonds. The van der Waals surface area contributed by atoms with Gasteiger partial charge in [-0.3, -0.25) is 4.79 Å². The van der Waals surface area contributed by atoms with Crippen molar-refractivity contribution in [2.75, 3.05) is 19.6 Å². The van der Waals surface area contributed by atoms with Crippen molar-refractivity contribution in [3.05, 3.63) is 0 Å². The lowest BCUT2D eigenvalue weighted by molar-refractivity contribution is -0.141. The van der Waals surface area contributed by atoms with Crippen LogP contribution in [0.1, 0.15) is 32.6 Å². The van der Waals surface area contributed by atoms with Gasteiger partial charge in [-0.2, -0.15) is 0 Å². The molecule has 2 N–H and O–H groups in total. The van der Waals surface area contributed by atoms with E-state index in [0.717, 1.165) is 31.2 Å². The summed E-state index contributed by atoms with van der Waals surface area (Å²) in [6, 6.07) is 0.351. The van der Waals surface area contributed by atoms with Crippen LogP contribution in [0.4, 0.5) is 0 Å². The van der Waals surface area contributed by atoms with Gasteiger partial charge in [0.15, 0.2) is 0 Å². The summed E-state index contributed by atoms with van der Waals surface area (Å²) in [7, 11) is 0. The maximum absolute atomic E-state index is 11.4. The van der Waals surface area contributed by atoms with Gasteiger partial charge in [0.1, 0.15) is 6.04 Å². The van der Waals surface area contributed by atoms with Gasteiger partial charge in [-0.1, -0.05) is 6.92 Å². The Balaban J connectivity index is 1.72. The molecule has 3 heterocycles. The minimum Gasteiger partial charge on any atom is -0.480 e. The Kier molecular flexibility index (Phi) is 3.32. The first-order valence-corrected chi connectivity index (χ1v) is 7.41. The standard InChI is InChI=1S/C14H24N2O2/c1-2-15-13(14(17)18)10-7-11-9-3-5-16(6-4-9)12(11)8-10/h9-13,15H,2-8H2,1H3,(H,17,18). The van der Waals surface area contributed by atoms with Crippen LogP contribution in [0.15, 0.2) is 0 Å². The second-order valence-corrected chi connectivity index (χ2v) is 6.21. The minimum absolute atomic E-state index is 0.332. The van der Waals surface area contributed by atoms with Crippen molar-refractivity contribution in [1.82, 2.24) is 10.2 Å². The molecular formula is C14H24N2O2. The largest absolute Gasteiger partial charge is 0.480 e. The molecule has 0 radical (unpaired) electrons. The number of carboxylic acid groups (broad SMARTS) is 1. The van der Waals surface area contributed by atoms with E-state index in [0.29, 0.717) is 12.0 Å². The zero-order valence-electron chi connectivity index (χ0n) is 11.1. The number of aliphatic carboxylic acids is 1. The highest BCUT2D eigenvalue weighted by atomic mass is 16.4. The number of piperidine rings is 3. The Labute approximate surface area is 109 Å². The molecule has 0 aromatic heterocycles. The third-order valence-electron chi connectivity index (χ3n) is 5.42. The molecule has 1 aliphatic carbocycles. The normalized spacial score (nSPS) is 43.7. The number of likely N-dealkylation sites (N-methyl/N-ethyl adjacent to an activating group) is 1. The number of carbonyl (C=O) groups is 1. The molecule has 102 valence electrons. The molecule has 0 aromatic rings. The third-order valence-corrected chi connectivity index (χ3v) is 5.42. The second-order valence-electron chi connectivity index (χ2n) is 6.21. The fraction of sp³-hybridized carbons (Fsp3) is 0.929. The van der Waals surface area contributed by atoms with Crippen LogP contribution >= 0.6 is 0 Å². The Morgan fingerprint density at radius 2 is 2.11 bits per heavy atom. The van der Waals surface area contributed by atoms with Crippen LogP contribution in [0.25, 0.3) is 0 Å². The van der Waals surface area contributed by atoms with E-state index >= 15 is 0 Å². The number of nitrogens with one attached hydrogen (secondary N) is 1. The molecule has 1 saturated carbocycles. The van der Waals surface area contributed by atoms with Crippen LogP contribution in [0.3, 0.4) is 0 Å². The predicted octanol–water partition coefficient (Wildman–Crippen LogP) is 1.17. The molecule has 4 nitrogen and oxygen atoms in total. The molecule has 4 fully saturated rings. The maximum atomic E-state index is 11.4. The van der Waals surface area contributed by atoms with E-state index < -0.39 is 5.97 Å². The molecule has 0 aromatic carbocycles. The highest BCUT2D eigenvalue weighted by molar-refractivity contribution is 5.74. The molecule has 4 aliphatic rings. The topological polar surface area (TPSA) is 52.6 Å². The van der Waals surface area contributed by atoms with Gasteiger partial charge in [-0.05, 0) is 63.1 Å². The number of fused-ring (bicyclic) bond motifs is 2. The van der Waals surface area contributed by atoms with Crippen LogP contribution < -0.4 is 5.32 Å². The molecule has 0 spiro atoms. The van der Waals surface area contributed by atoms with Gasteiger partial charge in [0.25, 0.3) is 0 Å². The van der Waals surface area contributed by atoms with Crippen molar-refractivity contribution >= 4 is 5.97 Å². The summed E-state index contributed by atoms with van der Waals surface area (Å²) in [5.41, 5.74) is 0. The Hall–Kier alpha value is -0.610. The number of nitrogens with zero attached hydrogens (tertiary/aromatic N) is 1. The van der Waals surface area contributed by atoms with Gasteiger partial charge in [0.2, 0.25) is 0 Å². The summed E-state index contributed by atoms with van der Waals surface area (Å²) in [5, 5.41) is 12.5. The van der Waals surface area contributed by atoms with Gasteiger partial charge in [-0.25, -0.2) is 0 Å². The number of carboxylic acids is 1. The molecule has 4 heteroatoms. The van der Waals surface area contributed by atoms with E-state index in [1.807, 2.05) is 6.92 Å². The Morgan fingerprint density at radius 1 is 1.39 bits per heavy atom. The zero-order chi connectivity index (χ0) is 12.7. The highest BCUT2D eigenvalue weighted by Gasteiger charge is 2.49. The van der Waals surface area contributed by atoms with Gasteiger partial charge < -0.3 is 15.3 Å². The fourth-order valence-corrected chi connectivity index (χ4v) is 4.64. The summed E-state index contributed by atoms with van der Waals surface area (Å²) < 4.78 is 0. The summed E-state index contributed by atoms with van der Waals surface area (Å²) in [6.07, 6.45) is 4.89. The predicted molar refractivity (Wildman–Crippen MR) is 69.4 cm³/mol.